The van der Waals surface area contributed by atoms with Crippen molar-refractivity contribution in [2.24, 2.45) is 0 Å². The summed E-state index contributed by atoms with van der Waals surface area (Å²) in [6, 6.07) is 19.8. The molecule has 0 saturated carbocycles. The highest BCUT2D eigenvalue weighted by Crippen LogP contribution is 2.08. The van der Waals surface area contributed by atoms with Crippen LogP contribution in [-0.2, 0) is 6.42 Å². The first-order chi connectivity index (χ1) is 8.40. The van der Waals surface area contributed by atoms with Crippen molar-refractivity contribution in [2.75, 3.05) is 0 Å². The fourth-order valence-corrected chi connectivity index (χ4v) is 1.54. The number of nitrogens with zero attached hydrogens (tertiary/aromatic N) is 1. The van der Waals surface area contributed by atoms with Crippen LogP contribution in [0.4, 0.5) is 0 Å². The molecule has 0 heterocycles. The maximum atomic E-state index is 8.73. The summed E-state index contributed by atoms with van der Waals surface area (Å²) >= 11 is 0. The van der Waals surface area contributed by atoms with Crippen LogP contribution in [0.1, 0.15) is 16.7 Å². The maximum Gasteiger partial charge on any atom is 0.0670 e. The number of benzene rings is 2. The minimum Gasteiger partial charge on any atom is -0.198 e. The highest BCUT2D eigenvalue weighted by molar-refractivity contribution is 5.47. The first kappa shape index (κ1) is 11.0. The molecule has 0 radical (unpaired) electrons. The van der Waals surface area contributed by atoms with Gasteiger partial charge in [-0.25, -0.2) is 0 Å². The lowest BCUT2D eigenvalue weighted by molar-refractivity contribution is 1.25. The topological polar surface area (TPSA) is 23.8 Å². The smallest absolute Gasteiger partial charge is 0.0670 e. The summed E-state index contributed by atoms with van der Waals surface area (Å²) in [5, 5.41) is 8.73. The average molecular weight is 217 g/mol. The predicted molar refractivity (Wildman–Crippen MR) is 68.2 cm³/mol. The molecule has 1 nitrogen and oxygen atoms in total. The van der Waals surface area contributed by atoms with Gasteiger partial charge in [-0.15, -0.1) is 0 Å². The standard InChI is InChI=1S/C16H11N/c17-13-12-16-9-5-4-8-15(16)11-10-14-6-2-1-3-7-14/h1-9H,12H2. The zero-order chi connectivity index (χ0) is 11.9. The Morgan fingerprint density at radius 2 is 1.53 bits per heavy atom. The van der Waals surface area contributed by atoms with E-state index in [2.05, 4.69) is 17.9 Å². The van der Waals surface area contributed by atoms with Crippen molar-refractivity contribution in [3.8, 4) is 17.9 Å². The summed E-state index contributed by atoms with van der Waals surface area (Å²) in [6.07, 6.45) is 0.402. The molecule has 0 aliphatic heterocycles. The van der Waals surface area contributed by atoms with Gasteiger partial charge in [-0.2, -0.15) is 5.26 Å². The quantitative estimate of drug-likeness (QED) is 0.673. The molecule has 0 fully saturated rings. The zero-order valence-corrected chi connectivity index (χ0v) is 9.35. The summed E-state index contributed by atoms with van der Waals surface area (Å²) in [6.45, 7) is 0. The molecule has 0 unspecified atom stereocenters. The second-order valence-corrected chi connectivity index (χ2v) is 3.61. The second kappa shape index (κ2) is 5.54. The van der Waals surface area contributed by atoms with Crippen LogP contribution in [0.15, 0.2) is 54.6 Å². The van der Waals surface area contributed by atoms with Crippen molar-refractivity contribution < 1.29 is 0 Å². The van der Waals surface area contributed by atoms with Crippen molar-refractivity contribution in [3.63, 3.8) is 0 Å². The molecule has 0 bridgehead atoms. The van der Waals surface area contributed by atoms with Crippen LogP contribution in [-0.4, -0.2) is 0 Å². The highest BCUT2D eigenvalue weighted by atomic mass is 14.2. The van der Waals surface area contributed by atoms with Gasteiger partial charge in [-0.1, -0.05) is 48.2 Å². The van der Waals surface area contributed by atoms with E-state index in [4.69, 9.17) is 5.26 Å². The first-order valence-electron chi connectivity index (χ1n) is 5.42. The van der Waals surface area contributed by atoms with Gasteiger partial charge in [-0.3, -0.25) is 0 Å². The van der Waals surface area contributed by atoms with E-state index >= 15 is 0 Å². The molecule has 0 N–H and O–H groups in total. The van der Waals surface area contributed by atoms with Crippen molar-refractivity contribution in [1.82, 2.24) is 0 Å². The van der Waals surface area contributed by atoms with E-state index in [1.54, 1.807) is 0 Å². The van der Waals surface area contributed by atoms with E-state index in [1.165, 1.54) is 0 Å². The Morgan fingerprint density at radius 1 is 0.824 bits per heavy atom. The molecular weight excluding hydrogens is 206 g/mol. The van der Waals surface area contributed by atoms with Gasteiger partial charge in [0.15, 0.2) is 0 Å². The number of hydrogen-bond donors (Lipinski definition) is 0. The van der Waals surface area contributed by atoms with Crippen LogP contribution in [0.25, 0.3) is 0 Å². The van der Waals surface area contributed by atoms with Gasteiger partial charge < -0.3 is 0 Å². The number of hydrogen-bond acceptors (Lipinski definition) is 1. The average Bonchev–Trinajstić information content (AvgIpc) is 2.39. The second-order valence-electron chi connectivity index (χ2n) is 3.61. The van der Waals surface area contributed by atoms with Crippen LogP contribution >= 0.6 is 0 Å². The monoisotopic (exact) mass is 217 g/mol. The Hall–Kier alpha value is -2.51. The molecule has 0 aromatic heterocycles. The van der Waals surface area contributed by atoms with E-state index in [-0.39, 0.29) is 0 Å². The van der Waals surface area contributed by atoms with Crippen molar-refractivity contribution >= 4 is 0 Å². The van der Waals surface area contributed by atoms with E-state index in [0.717, 1.165) is 16.7 Å². The Kier molecular flexibility index (Phi) is 3.58. The van der Waals surface area contributed by atoms with Crippen molar-refractivity contribution in [1.29, 1.82) is 5.26 Å². The molecule has 2 rings (SSSR count). The third kappa shape index (κ3) is 2.97. The summed E-state index contributed by atoms with van der Waals surface area (Å²) in [5.74, 6) is 6.21. The van der Waals surface area contributed by atoms with Crippen LogP contribution in [0.5, 0.6) is 0 Å². The number of nitriles is 1. The van der Waals surface area contributed by atoms with E-state index < -0.39 is 0 Å². The zero-order valence-electron chi connectivity index (χ0n) is 9.35. The lowest BCUT2D eigenvalue weighted by Crippen LogP contribution is -1.87. The molecule has 0 saturated heterocycles. The van der Waals surface area contributed by atoms with E-state index in [9.17, 15) is 0 Å². The Bertz CT molecular complexity index is 595. The normalized spacial score (nSPS) is 8.88. The summed E-state index contributed by atoms with van der Waals surface area (Å²) in [5.41, 5.74) is 2.90. The SMILES string of the molecule is N#CCc1ccccc1C#Cc1ccccc1. The van der Waals surface area contributed by atoms with Gasteiger partial charge in [0.1, 0.15) is 0 Å². The fraction of sp³-hybridized carbons (Fsp3) is 0.0625. The minimum atomic E-state index is 0.402. The van der Waals surface area contributed by atoms with Crippen LogP contribution in [0.3, 0.4) is 0 Å². The Labute approximate surface area is 101 Å². The van der Waals surface area contributed by atoms with Gasteiger partial charge in [0.2, 0.25) is 0 Å². The van der Waals surface area contributed by atoms with Crippen LogP contribution in [0.2, 0.25) is 0 Å². The van der Waals surface area contributed by atoms with Crippen molar-refractivity contribution in [2.45, 2.75) is 6.42 Å². The molecule has 80 valence electrons. The molecular formula is C16H11N. The molecule has 2 aromatic carbocycles. The molecule has 0 amide bonds. The lowest BCUT2D eigenvalue weighted by Gasteiger charge is -1.97. The van der Waals surface area contributed by atoms with Gasteiger partial charge in [0.25, 0.3) is 0 Å². The van der Waals surface area contributed by atoms with Crippen molar-refractivity contribution in [3.05, 3.63) is 71.3 Å². The van der Waals surface area contributed by atoms with Crippen LogP contribution < -0.4 is 0 Å². The van der Waals surface area contributed by atoms with E-state index in [0.29, 0.717) is 6.42 Å². The lowest BCUT2D eigenvalue weighted by atomic mass is 10.1. The van der Waals surface area contributed by atoms with Gasteiger partial charge in [0, 0.05) is 11.1 Å². The molecule has 0 atom stereocenters. The third-order valence-corrected chi connectivity index (χ3v) is 2.40. The third-order valence-electron chi connectivity index (χ3n) is 2.40. The Morgan fingerprint density at radius 3 is 2.29 bits per heavy atom. The largest absolute Gasteiger partial charge is 0.198 e. The fourth-order valence-electron chi connectivity index (χ4n) is 1.54. The van der Waals surface area contributed by atoms with Gasteiger partial charge in [0.05, 0.1) is 12.5 Å². The minimum absolute atomic E-state index is 0.402. The summed E-state index contributed by atoms with van der Waals surface area (Å²) in [7, 11) is 0. The predicted octanol–water partition coefficient (Wildman–Crippen LogP) is 3.15. The van der Waals surface area contributed by atoms with Crippen LogP contribution in [0, 0.1) is 23.2 Å². The molecule has 0 aliphatic rings. The molecule has 0 spiro atoms. The Balaban J connectivity index is 2.31. The van der Waals surface area contributed by atoms with Gasteiger partial charge in [-0.05, 0) is 23.8 Å². The first-order valence-corrected chi connectivity index (χ1v) is 5.42. The summed E-state index contributed by atoms with van der Waals surface area (Å²) < 4.78 is 0. The number of rotatable bonds is 1. The highest BCUT2D eigenvalue weighted by Gasteiger charge is 1.96. The molecule has 0 aliphatic carbocycles. The molecule has 1 heteroatoms. The van der Waals surface area contributed by atoms with Gasteiger partial charge >= 0.3 is 0 Å². The summed E-state index contributed by atoms with van der Waals surface area (Å²) in [4.78, 5) is 0. The maximum absolute atomic E-state index is 8.73. The molecule has 2 aromatic rings. The molecule has 17 heavy (non-hydrogen) atoms. The van der Waals surface area contributed by atoms with E-state index in [1.807, 2.05) is 54.6 Å².